The van der Waals surface area contributed by atoms with Gasteiger partial charge >= 0.3 is 0 Å². The van der Waals surface area contributed by atoms with Gasteiger partial charge in [-0.1, -0.05) is 6.42 Å². The minimum Gasteiger partial charge on any atom is -0.393 e. The first-order valence-electron chi connectivity index (χ1n) is 8.88. The van der Waals surface area contributed by atoms with E-state index in [-0.39, 0.29) is 16.9 Å². The van der Waals surface area contributed by atoms with Gasteiger partial charge in [-0.25, -0.2) is 13.4 Å². The fraction of sp³-hybridized carbons (Fsp3) is 0.706. The zero-order valence-electron chi connectivity index (χ0n) is 14.3. The Labute approximate surface area is 144 Å². The van der Waals surface area contributed by atoms with Crippen LogP contribution in [0.3, 0.4) is 0 Å². The molecule has 0 saturated carbocycles. The summed E-state index contributed by atoms with van der Waals surface area (Å²) in [5, 5.41) is 9.80. The van der Waals surface area contributed by atoms with Gasteiger partial charge in [0.2, 0.25) is 10.0 Å². The number of piperidine rings is 2. The van der Waals surface area contributed by atoms with Crippen molar-refractivity contribution in [2.45, 2.75) is 50.0 Å². The fourth-order valence-electron chi connectivity index (χ4n) is 3.58. The van der Waals surface area contributed by atoms with Crippen LogP contribution in [0.4, 0.5) is 5.82 Å². The Kier molecular flexibility index (Phi) is 5.42. The first kappa shape index (κ1) is 17.6. The van der Waals surface area contributed by atoms with Crippen molar-refractivity contribution in [1.82, 2.24) is 9.29 Å². The second-order valence-electron chi connectivity index (χ2n) is 6.91. The quantitative estimate of drug-likeness (QED) is 0.894. The SMILES string of the molecule is CC(O)C1CCCN(c2ccc(S(=O)(=O)N3CCCCC3)cn2)C1. The van der Waals surface area contributed by atoms with E-state index in [2.05, 4.69) is 9.88 Å². The highest BCUT2D eigenvalue weighted by molar-refractivity contribution is 7.89. The van der Waals surface area contributed by atoms with Crippen molar-refractivity contribution >= 4 is 15.8 Å². The van der Waals surface area contributed by atoms with Crippen LogP contribution < -0.4 is 4.90 Å². The third-order valence-electron chi connectivity index (χ3n) is 5.14. The van der Waals surface area contributed by atoms with Crippen LogP contribution in [-0.4, -0.2) is 55.1 Å². The van der Waals surface area contributed by atoms with Crippen molar-refractivity contribution in [2.24, 2.45) is 5.92 Å². The average molecular weight is 353 g/mol. The molecule has 7 heteroatoms. The maximum Gasteiger partial charge on any atom is 0.244 e. The molecule has 2 aliphatic rings. The normalized spacial score (nSPS) is 24.8. The number of hydrogen-bond donors (Lipinski definition) is 1. The summed E-state index contributed by atoms with van der Waals surface area (Å²) in [6.45, 7) is 4.70. The third-order valence-corrected chi connectivity index (χ3v) is 7.02. The van der Waals surface area contributed by atoms with Gasteiger partial charge in [-0.3, -0.25) is 0 Å². The van der Waals surface area contributed by atoms with Crippen LogP contribution in [0.5, 0.6) is 0 Å². The monoisotopic (exact) mass is 353 g/mol. The van der Waals surface area contributed by atoms with Crippen molar-refractivity contribution in [3.8, 4) is 0 Å². The Hall–Kier alpha value is -1.18. The average Bonchev–Trinajstić information content (AvgIpc) is 2.62. The Bertz CT molecular complexity index is 640. The minimum absolute atomic E-state index is 0.248. The fourth-order valence-corrected chi connectivity index (χ4v) is 5.04. The van der Waals surface area contributed by atoms with Crippen molar-refractivity contribution in [3.63, 3.8) is 0 Å². The van der Waals surface area contributed by atoms with Crippen LogP contribution >= 0.6 is 0 Å². The lowest BCUT2D eigenvalue weighted by atomic mass is 9.93. The Morgan fingerprint density at radius 2 is 1.92 bits per heavy atom. The molecule has 2 aliphatic heterocycles. The molecule has 2 fully saturated rings. The van der Waals surface area contributed by atoms with Gasteiger partial charge in [0.05, 0.1) is 6.10 Å². The van der Waals surface area contributed by atoms with E-state index in [4.69, 9.17) is 0 Å². The standard InChI is InChI=1S/C17H27N3O3S/c1-14(21)15-6-5-9-19(13-15)17-8-7-16(12-18-17)24(22,23)20-10-3-2-4-11-20/h7-8,12,14-15,21H,2-6,9-11,13H2,1H3. The van der Waals surface area contributed by atoms with E-state index in [1.165, 1.54) is 6.20 Å². The lowest BCUT2D eigenvalue weighted by molar-refractivity contribution is 0.115. The van der Waals surface area contributed by atoms with E-state index in [0.29, 0.717) is 13.1 Å². The number of rotatable bonds is 4. The van der Waals surface area contributed by atoms with Gasteiger partial charge in [-0.2, -0.15) is 4.31 Å². The van der Waals surface area contributed by atoms with Crippen molar-refractivity contribution in [2.75, 3.05) is 31.1 Å². The summed E-state index contributed by atoms with van der Waals surface area (Å²) in [7, 11) is -3.42. The molecule has 0 aromatic carbocycles. The topological polar surface area (TPSA) is 73.7 Å². The van der Waals surface area contributed by atoms with E-state index in [9.17, 15) is 13.5 Å². The summed E-state index contributed by atoms with van der Waals surface area (Å²) < 4.78 is 26.9. The van der Waals surface area contributed by atoms with Gasteiger partial charge in [0.25, 0.3) is 0 Å². The molecular weight excluding hydrogens is 326 g/mol. The number of aromatic nitrogens is 1. The lowest BCUT2D eigenvalue weighted by Crippen LogP contribution is -2.40. The number of hydrogen-bond acceptors (Lipinski definition) is 5. The molecule has 2 unspecified atom stereocenters. The Morgan fingerprint density at radius 3 is 2.54 bits per heavy atom. The maximum absolute atomic E-state index is 12.7. The lowest BCUT2D eigenvalue weighted by Gasteiger charge is -2.35. The number of pyridine rings is 1. The molecule has 2 saturated heterocycles. The van der Waals surface area contributed by atoms with Gasteiger partial charge < -0.3 is 10.0 Å². The molecule has 3 rings (SSSR count). The van der Waals surface area contributed by atoms with E-state index in [1.54, 1.807) is 16.4 Å². The van der Waals surface area contributed by atoms with Crippen LogP contribution in [0, 0.1) is 5.92 Å². The minimum atomic E-state index is -3.42. The summed E-state index contributed by atoms with van der Waals surface area (Å²) in [6, 6.07) is 3.46. The second-order valence-corrected chi connectivity index (χ2v) is 8.84. The molecule has 1 N–H and O–H groups in total. The zero-order valence-corrected chi connectivity index (χ0v) is 15.1. The predicted molar refractivity (Wildman–Crippen MR) is 93.5 cm³/mol. The summed E-state index contributed by atoms with van der Waals surface area (Å²) in [6.07, 6.45) is 6.15. The number of aliphatic hydroxyl groups is 1. The molecule has 6 nitrogen and oxygen atoms in total. The van der Waals surface area contributed by atoms with Gasteiger partial charge in [0.1, 0.15) is 10.7 Å². The molecule has 0 radical (unpaired) electrons. The number of anilines is 1. The van der Waals surface area contributed by atoms with E-state index < -0.39 is 10.0 Å². The smallest absolute Gasteiger partial charge is 0.244 e. The highest BCUT2D eigenvalue weighted by Crippen LogP contribution is 2.25. The molecule has 0 spiro atoms. The second kappa shape index (κ2) is 7.37. The molecular formula is C17H27N3O3S. The van der Waals surface area contributed by atoms with Crippen LogP contribution in [0.25, 0.3) is 0 Å². The van der Waals surface area contributed by atoms with Crippen LogP contribution in [0.1, 0.15) is 39.0 Å². The van der Waals surface area contributed by atoms with Gasteiger partial charge in [-0.15, -0.1) is 0 Å². The Balaban J connectivity index is 1.73. The van der Waals surface area contributed by atoms with Gasteiger partial charge in [-0.05, 0) is 44.7 Å². The van der Waals surface area contributed by atoms with Crippen molar-refractivity contribution in [3.05, 3.63) is 18.3 Å². The van der Waals surface area contributed by atoms with Gasteiger partial charge in [0, 0.05) is 38.3 Å². The number of aliphatic hydroxyl groups excluding tert-OH is 1. The first-order valence-corrected chi connectivity index (χ1v) is 10.3. The largest absolute Gasteiger partial charge is 0.393 e. The highest BCUT2D eigenvalue weighted by Gasteiger charge is 2.27. The molecule has 0 aliphatic carbocycles. The van der Waals surface area contributed by atoms with Gasteiger partial charge in [0.15, 0.2) is 0 Å². The zero-order chi connectivity index (χ0) is 17.2. The third kappa shape index (κ3) is 3.73. The summed E-state index contributed by atoms with van der Waals surface area (Å²) in [5.41, 5.74) is 0. The summed E-state index contributed by atoms with van der Waals surface area (Å²) >= 11 is 0. The van der Waals surface area contributed by atoms with Crippen LogP contribution in [0.2, 0.25) is 0 Å². The van der Waals surface area contributed by atoms with E-state index in [0.717, 1.165) is 51.0 Å². The molecule has 1 aromatic heterocycles. The molecule has 24 heavy (non-hydrogen) atoms. The number of nitrogens with zero attached hydrogens (tertiary/aromatic N) is 3. The van der Waals surface area contributed by atoms with Crippen LogP contribution in [0.15, 0.2) is 23.2 Å². The highest BCUT2D eigenvalue weighted by atomic mass is 32.2. The Morgan fingerprint density at radius 1 is 1.17 bits per heavy atom. The van der Waals surface area contributed by atoms with Crippen molar-refractivity contribution < 1.29 is 13.5 Å². The predicted octanol–water partition coefficient (Wildman–Crippen LogP) is 1.85. The molecule has 0 amide bonds. The molecule has 1 aromatic rings. The summed E-state index contributed by atoms with van der Waals surface area (Å²) in [4.78, 5) is 6.81. The first-order chi connectivity index (χ1) is 11.5. The molecule has 3 heterocycles. The molecule has 134 valence electrons. The van der Waals surface area contributed by atoms with E-state index in [1.807, 2.05) is 6.92 Å². The van der Waals surface area contributed by atoms with E-state index >= 15 is 0 Å². The molecule has 2 atom stereocenters. The van der Waals surface area contributed by atoms with Crippen molar-refractivity contribution in [1.29, 1.82) is 0 Å². The summed E-state index contributed by atoms with van der Waals surface area (Å²) in [5.74, 6) is 1.04. The molecule has 0 bridgehead atoms. The maximum atomic E-state index is 12.7. The number of sulfonamides is 1. The van der Waals surface area contributed by atoms with Crippen LogP contribution in [-0.2, 0) is 10.0 Å².